The Hall–Kier alpha value is -0.150. The molecule has 2 nitrogen and oxygen atoms in total. The maximum absolute atomic E-state index is 13.4. The van der Waals surface area contributed by atoms with E-state index in [2.05, 4.69) is 44.4 Å². The quantitative estimate of drug-likeness (QED) is 0.776. The van der Waals surface area contributed by atoms with Crippen LogP contribution in [0.15, 0.2) is 0 Å². The number of rotatable bonds is 3. The summed E-state index contributed by atoms with van der Waals surface area (Å²) in [5, 5.41) is 0. The van der Waals surface area contributed by atoms with Gasteiger partial charge in [-0.15, -0.1) is 0 Å². The van der Waals surface area contributed by atoms with Gasteiger partial charge in [-0.2, -0.15) is 0 Å². The van der Waals surface area contributed by atoms with Gasteiger partial charge in [0.1, 0.15) is 6.17 Å². The summed E-state index contributed by atoms with van der Waals surface area (Å²) in [6.45, 7) is 15.5. The molecule has 0 amide bonds. The van der Waals surface area contributed by atoms with Crippen LogP contribution in [0.25, 0.3) is 0 Å². The lowest BCUT2D eigenvalue weighted by molar-refractivity contribution is 0.107. The predicted octanol–water partition coefficient (Wildman–Crippen LogP) is 3.32. The van der Waals surface area contributed by atoms with Crippen LogP contribution in [0.1, 0.15) is 53.9 Å². The third kappa shape index (κ3) is 3.69. The van der Waals surface area contributed by atoms with E-state index in [1.165, 1.54) is 25.9 Å². The largest absolute Gasteiger partial charge is 0.298 e. The number of nitrogens with zero attached hydrogens (tertiary/aromatic N) is 2. The van der Waals surface area contributed by atoms with Crippen LogP contribution in [0.4, 0.5) is 4.39 Å². The van der Waals surface area contributed by atoms with Crippen molar-refractivity contribution in [1.82, 2.24) is 9.80 Å². The van der Waals surface area contributed by atoms with E-state index < -0.39 is 6.17 Å². The Morgan fingerprint density at radius 1 is 0.947 bits per heavy atom. The highest BCUT2D eigenvalue weighted by Gasteiger charge is 2.38. The van der Waals surface area contributed by atoms with Crippen LogP contribution in [-0.2, 0) is 0 Å². The molecule has 0 N–H and O–H groups in total. The molecule has 2 heterocycles. The smallest absolute Gasteiger partial charge is 0.114 e. The number of hydrogen-bond donors (Lipinski definition) is 0. The summed E-state index contributed by atoms with van der Waals surface area (Å²) in [5.74, 6) is 0.771. The molecule has 2 unspecified atom stereocenters. The zero-order valence-electron chi connectivity index (χ0n) is 13.4. The van der Waals surface area contributed by atoms with Gasteiger partial charge in [-0.25, -0.2) is 4.39 Å². The van der Waals surface area contributed by atoms with Crippen LogP contribution in [0.3, 0.4) is 0 Å². The highest BCUT2D eigenvalue weighted by molar-refractivity contribution is 4.93. The van der Waals surface area contributed by atoms with Gasteiger partial charge in [-0.05, 0) is 66.3 Å². The van der Waals surface area contributed by atoms with Crippen molar-refractivity contribution < 1.29 is 4.39 Å². The lowest BCUT2D eigenvalue weighted by Gasteiger charge is -2.38. The lowest BCUT2D eigenvalue weighted by Crippen LogP contribution is -2.45. The second-order valence-electron chi connectivity index (χ2n) is 8.12. The first-order valence-corrected chi connectivity index (χ1v) is 7.83. The molecule has 112 valence electrons. The van der Waals surface area contributed by atoms with Gasteiger partial charge in [-0.1, -0.05) is 0 Å². The first-order chi connectivity index (χ1) is 8.68. The Morgan fingerprint density at radius 3 is 2.05 bits per heavy atom. The van der Waals surface area contributed by atoms with Crippen LogP contribution < -0.4 is 0 Å². The average Bonchev–Trinajstić information content (AvgIpc) is 2.85. The van der Waals surface area contributed by atoms with Crippen molar-refractivity contribution in [3.63, 3.8) is 0 Å². The van der Waals surface area contributed by atoms with Crippen molar-refractivity contribution in [3.05, 3.63) is 0 Å². The fraction of sp³-hybridized carbons (Fsp3) is 1.00. The first-order valence-electron chi connectivity index (χ1n) is 7.83. The Morgan fingerprint density at radius 2 is 1.58 bits per heavy atom. The topological polar surface area (TPSA) is 6.48 Å². The molecule has 0 radical (unpaired) electrons. The lowest BCUT2D eigenvalue weighted by atomic mass is 9.88. The van der Waals surface area contributed by atoms with Gasteiger partial charge in [0, 0.05) is 30.7 Å². The van der Waals surface area contributed by atoms with E-state index >= 15 is 0 Å². The Labute approximate surface area is 118 Å². The first kappa shape index (κ1) is 15.2. The molecule has 0 bridgehead atoms. The number of halogens is 1. The summed E-state index contributed by atoms with van der Waals surface area (Å²) in [6.07, 6.45) is 2.62. The molecule has 0 saturated carbocycles. The molecular formula is C16H31FN2. The zero-order chi connectivity index (χ0) is 14.3. The van der Waals surface area contributed by atoms with E-state index in [9.17, 15) is 4.39 Å². The van der Waals surface area contributed by atoms with Gasteiger partial charge in [0.2, 0.25) is 0 Å². The van der Waals surface area contributed by atoms with Crippen molar-refractivity contribution in [3.8, 4) is 0 Å². The molecule has 2 aliphatic rings. The molecule has 2 aliphatic heterocycles. The summed E-state index contributed by atoms with van der Waals surface area (Å²) < 4.78 is 13.4. The third-order valence-electron chi connectivity index (χ3n) is 5.01. The third-order valence-corrected chi connectivity index (χ3v) is 5.01. The zero-order valence-corrected chi connectivity index (χ0v) is 13.4. The predicted molar refractivity (Wildman–Crippen MR) is 79.2 cm³/mol. The van der Waals surface area contributed by atoms with Gasteiger partial charge in [0.15, 0.2) is 0 Å². The van der Waals surface area contributed by atoms with E-state index in [1.54, 1.807) is 0 Å². The summed E-state index contributed by atoms with van der Waals surface area (Å²) in [5.41, 5.74) is 0.440. The number of likely N-dealkylation sites (tertiary alicyclic amines) is 2. The number of hydrogen-bond acceptors (Lipinski definition) is 2. The molecule has 2 atom stereocenters. The molecular weight excluding hydrogens is 239 g/mol. The average molecular weight is 270 g/mol. The van der Waals surface area contributed by atoms with Crippen LogP contribution >= 0.6 is 0 Å². The van der Waals surface area contributed by atoms with Gasteiger partial charge in [0.25, 0.3) is 0 Å². The minimum absolute atomic E-state index is 0.152. The van der Waals surface area contributed by atoms with Crippen molar-refractivity contribution in [1.29, 1.82) is 0 Å². The van der Waals surface area contributed by atoms with Crippen molar-refractivity contribution >= 4 is 0 Å². The molecule has 0 aromatic carbocycles. The molecule has 2 rings (SSSR count). The second-order valence-corrected chi connectivity index (χ2v) is 8.12. The minimum atomic E-state index is -0.603. The monoisotopic (exact) mass is 270 g/mol. The Kier molecular flexibility index (Phi) is 4.27. The van der Waals surface area contributed by atoms with E-state index in [0.29, 0.717) is 6.54 Å². The molecule has 2 fully saturated rings. The van der Waals surface area contributed by atoms with Crippen LogP contribution in [0.2, 0.25) is 0 Å². The molecule has 0 aromatic rings. The fourth-order valence-electron chi connectivity index (χ4n) is 3.71. The van der Waals surface area contributed by atoms with Crippen molar-refractivity contribution in [2.45, 2.75) is 71.1 Å². The molecule has 0 spiro atoms. The molecule has 2 saturated heterocycles. The van der Waals surface area contributed by atoms with Gasteiger partial charge < -0.3 is 0 Å². The minimum Gasteiger partial charge on any atom is -0.298 e. The molecule has 0 aliphatic carbocycles. The van der Waals surface area contributed by atoms with Gasteiger partial charge in [0.05, 0.1) is 0 Å². The SMILES string of the molecule is CC(C)(C)N1CCC(CC(C)(C)N2CCC(F)C2)C1. The highest BCUT2D eigenvalue weighted by atomic mass is 19.1. The standard InChI is InChI=1S/C16H31FN2/c1-15(2,3)18-8-6-13(11-18)10-16(4,5)19-9-7-14(17)12-19/h13-14H,6-12H2,1-5H3. The maximum atomic E-state index is 13.4. The maximum Gasteiger partial charge on any atom is 0.114 e. The fourth-order valence-corrected chi connectivity index (χ4v) is 3.71. The van der Waals surface area contributed by atoms with Crippen LogP contribution in [0, 0.1) is 5.92 Å². The van der Waals surface area contributed by atoms with Crippen molar-refractivity contribution in [2.75, 3.05) is 26.2 Å². The highest BCUT2D eigenvalue weighted by Crippen LogP contribution is 2.34. The van der Waals surface area contributed by atoms with Crippen molar-refractivity contribution in [2.24, 2.45) is 5.92 Å². The van der Waals surface area contributed by atoms with Gasteiger partial charge in [-0.3, -0.25) is 9.80 Å². The van der Waals surface area contributed by atoms with E-state index in [0.717, 1.165) is 18.9 Å². The summed E-state index contributed by atoms with van der Waals surface area (Å²) in [6, 6.07) is 0. The van der Waals surface area contributed by atoms with E-state index in [1.807, 2.05) is 0 Å². The summed E-state index contributed by atoms with van der Waals surface area (Å²) in [7, 11) is 0. The number of alkyl halides is 1. The molecule has 0 aromatic heterocycles. The van der Waals surface area contributed by atoms with Crippen LogP contribution in [0.5, 0.6) is 0 Å². The Balaban J connectivity index is 1.88. The van der Waals surface area contributed by atoms with Crippen LogP contribution in [-0.4, -0.2) is 53.2 Å². The second kappa shape index (κ2) is 5.33. The summed E-state index contributed by atoms with van der Waals surface area (Å²) in [4.78, 5) is 4.95. The summed E-state index contributed by atoms with van der Waals surface area (Å²) >= 11 is 0. The molecule has 3 heteroatoms. The van der Waals surface area contributed by atoms with Gasteiger partial charge >= 0.3 is 0 Å². The van der Waals surface area contributed by atoms with E-state index in [4.69, 9.17) is 0 Å². The normalized spacial score (nSPS) is 31.3. The van der Waals surface area contributed by atoms with E-state index in [-0.39, 0.29) is 11.1 Å². The molecule has 19 heavy (non-hydrogen) atoms. The Bertz CT molecular complexity index is 308.